The van der Waals surface area contributed by atoms with Crippen LogP contribution in [0.15, 0.2) is 41.0 Å². The van der Waals surface area contributed by atoms with E-state index in [1.54, 1.807) is 6.26 Å². The van der Waals surface area contributed by atoms with E-state index in [9.17, 15) is 5.11 Å². The first-order valence-corrected chi connectivity index (χ1v) is 5.53. The molecule has 0 amide bonds. The van der Waals surface area contributed by atoms with Crippen LogP contribution in [0.5, 0.6) is 0 Å². The third-order valence-corrected chi connectivity index (χ3v) is 2.85. The van der Waals surface area contributed by atoms with Crippen molar-refractivity contribution in [3.63, 3.8) is 0 Å². The highest BCUT2D eigenvalue weighted by Gasteiger charge is 2.15. The molecule has 0 radical (unpaired) electrons. The average molecular weight is 216 g/mol. The maximum atomic E-state index is 10.1. The highest BCUT2D eigenvalue weighted by atomic mass is 16.4. The normalized spacial score (nSPS) is 12.7. The highest BCUT2D eigenvalue weighted by Crippen LogP contribution is 2.25. The molecule has 2 aromatic rings. The zero-order valence-corrected chi connectivity index (χ0v) is 9.60. The summed E-state index contributed by atoms with van der Waals surface area (Å²) in [5, 5.41) is 10.1. The van der Waals surface area contributed by atoms with Crippen LogP contribution in [0.1, 0.15) is 35.5 Å². The van der Waals surface area contributed by atoms with Crippen LogP contribution >= 0.6 is 0 Å². The molecule has 1 unspecified atom stereocenters. The first kappa shape index (κ1) is 11.0. The molecule has 0 fully saturated rings. The Morgan fingerprint density at radius 1 is 1.19 bits per heavy atom. The van der Waals surface area contributed by atoms with Crippen LogP contribution in [0.4, 0.5) is 0 Å². The van der Waals surface area contributed by atoms with E-state index >= 15 is 0 Å². The van der Waals surface area contributed by atoms with Crippen LogP contribution in [-0.2, 0) is 6.42 Å². The predicted molar refractivity (Wildman–Crippen MR) is 63.3 cm³/mol. The Bertz CT molecular complexity index is 454. The number of furan rings is 1. The number of aliphatic hydroxyl groups excluding tert-OH is 1. The van der Waals surface area contributed by atoms with Gasteiger partial charge in [0, 0.05) is 0 Å². The van der Waals surface area contributed by atoms with Crippen molar-refractivity contribution < 1.29 is 9.52 Å². The van der Waals surface area contributed by atoms with E-state index in [0.29, 0.717) is 5.76 Å². The lowest BCUT2D eigenvalue weighted by atomic mass is 10.0. The molecule has 0 spiro atoms. The van der Waals surface area contributed by atoms with Gasteiger partial charge in [0.2, 0.25) is 0 Å². The van der Waals surface area contributed by atoms with Crippen molar-refractivity contribution in [1.82, 2.24) is 0 Å². The molecular weight excluding hydrogens is 200 g/mol. The number of benzene rings is 1. The maximum Gasteiger partial charge on any atom is 0.139 e. The molecule has 0 saturated carbocycles. The van der Waals surface area contributed by atoms with E-state index in [0.717, 1.165) is 17.5 Å². The fourth-order valence-corrected chi connectivity index (χ4v) is 1.75. The predicted octanol–water partition coefficient (Wildman–Crippen LogP) is 3.23. The van der Waals surface area contributed by atoms with Gasteiger partial charge in [-0.2, -0.15) is 0 Å². The van der Waals surface area contributed by atoms with E-state index in [-0.39, 0.29) is 0 Å². The van der Waals surface area contributed by atoms with Crippen LogP contribution in [0.3, 0.4) is 0 Å². The summed E-state index contributed by atoms with van der Waals surface area (Å²) in [7, 11) is 0. The molecule has 1 aromatic carbocycles. The van der Waals surface area contributed by atoms with Gasteiger partial charge in [-0.05, 0) is 36.1 Å². The largest absolute Gasteiger partial charge is 0.466 e. The van der Waals surface area contributed by atoms with Crippen LogP contribution in [0, 0.1) is 6.92 Å². The van der Waals surface area contributed by atoms with Crippen molar-refractivity contribution in [3.05, 3.63) is 59.0 Å². The van der Waals surface area contributed by atoms with Gasteiger partial charge in [0.1, 0.15) is 11.9 Å². The summed E-state index contributed by atoms with van der Waals surface area (Å²) in [5.74, 6) is 0.629. The minimum Gasteiger partial charge on any atom is -0.466 e. The van der Waals surface area contributed by atoms with E-state index in [1.807, 2.05) is 37.3 Å². The summed E-state index contributed by atoms with van der Waals surface area (Å²) in [6, 6.07) is 9.84. The number of hydrogen-bond donors (Lipinski definition) is 1. The number of hydrogen-bond acceptors (Lipinski definition) is 2. The first-order chi connectivity index (χ1) is 7.72. The summed E-state index contributed by atoms with van der Waals surface area (Å²) in [5.41, 5.74) is 3.12. The van der Waals surface area contributed by atoms with E-state index in [4.69, 9.17) is 4.42 Å². The van der Waals surface area contributed by atoms with E-state index in [1.165, 1.54) is 5.56 Å². The van der Waals surface area contributed by atoms with Gasteiger partial charge >= 0.3 is 0 Å². The van der Waals surface area contributed by atoms with E-state index < -0.39 is 6.10 Å². The van der Waals surface area contributed by atoms with Gasteiger partial charge in [-0.1, -0.05) is 31.2 Å². The second kappa shape index (κ2) is 4.54. The molecule has 2 rings (SSSR count). The Hall–Kier alpha value is -1.54. The Labute approximate surface area is 95.5 Å². The van der Waals surface area contributed by atoms with Crippen molar-refractivity contribution >= 4 is 0 Å². The SMILES string of the molecule is CCc1ccc(C(O)c2occc2C)cc1. The Morgan fingerprint density at radius 2 is 1.88 bits per heavy atom. The van der Waals surface area contributed by atoms with Crippen LogP contribution < -0.4 is 0 Å². The smallest absolute Gasteiger partial charge is 0.139 e. The van der Waals surface area contributed by atoms with Gasteiger partial charge in [0.15, 0.2) is 0 Å². The summed E-state index contributed by atoms with van der Waals surface area (Å²) in [6.45, 7) is 4.05. The van der Waals surface area contributed by atoms with Crippen molar-refractivity contribution in [2.75, 3.05) is 0 Å². The zero-order chi connectivity index (χ0) is 11.5. The summed E-state index contributed by atoms with van der Waals surface area (Å²) >= 11 is 0. The van der Waals surface area contributed by atoms with Crippen molar-refractivity contribution in [3.8, 4) is 0 Å². The second-order valence-electron chi connectivity index (χ2n) is 3.97. The van der Waals surface area contributed by atoms with Crippen molar-refractivity contribution in [1.29, 1.82) is 0 Å². The monoisotopic (exact) mass is 216 g/mol. The molecule has 2 nitrogen and oxygen atoms in total. The molecule has 16 heavy (non-hydrogen) atoms. The third-order valence-electron chi connectivity index (χ3n) is 2.85. The Morgan fingerprint density at radius 3 is 2.38 bits per heavy atom. The fraction of sp³-hybridized carbons (Fsp3) is 0.286. The maximum absolute atomic E-state index is 10.1. The summed E-state index contributed by atoms with van der Waals surface area (Å²) in [4.78, 5) is 0. The lowest BCUT2D eigenvalue weighted by Gasteiger charge is -2.10. The van der Waals surface area contributed by atoms with Gasteiger partial charge < -0.3 is 9.52 Å². The van der Waals surface area contributed by atoms with Crippen molar-refractivity contribution in [2.24, 2.45) is 0 Å². The standard InChI is InChI=1S/C14H16O2/c1-3-11-4-6-12(7-5-11)13(15)14-10(2)8-9-16-14/h4-9,13,15H,3H2,1-2H3. The van der Waals surface area contributed by atoms with Gasteiger partial charge in [0.05, 0.1) is 6.26 Å². The zero-order valence-electron chi connectivity index (χ0n) is 9.60. The quantitative estimate of drug-likeness (QED) is 0.854. The second-order valence-corrected chi connectivity index (χ2v) is 3.97. The molecule has 1 heterocycles. The lowest BCUT2D eigenvalue weighted by molar-refractivity contribution is 0.188. The molecule has 0 saturated heterocycles. The van der Waals surface area contributed by atoms with Gasteiger partial charge in [-0.3, -0.25) is 0 Å². The minimum absolute atomic E-state index is 0.629. The molecule has 0 aliphatic carbocycles. The lowest BCUT2D eigenvalue weighted by Crippen LogP contribution is -1.99. The van der Waals surface area contributed by atoms with Crippen molar-refractivity contribution in [2.45, 2.75) is 26.4 Å². The first-order valence-electron chi connectivity index (χ1n) is 5.53. The average Bonchev–Trinajstić information content (AvgIpc) is 2.75. The van der Waals surface area contributed by atoms with Gasteiger partial charge in [-0.25, -0.2) is 0 Å². The topological polar surface area (TPSA) is 33.4 Å². The fourth-order valence-electron chi connectivity index (χ4n) is 1.75. The summed E-state index contributed by atoms with van der Waals surface area (Å²) < 4.78 is 5.29. The molecule has 0 aliphatic rings. The minimum atomic E-state index is -0.666. The van der Waals surface area contributed by atoms with E-state index in [2.05, 4.69) is 6.92 Å². The molecule has 1 N–H and O–H groups in total. The number of aryl methyl sites for hydroxylation is 2. The van der Waals surface area contributed by atoms with Gasteiger partial charge in [0.25, 0.3) is 0 Å². The Balaban J connectivity index is 2.27. The number of aliphatic hydroxyl groups is 1. The third kappa shape index (κ3) is 2.02. The summed E-state index contributed by atoms with van der Waals surface area (Å²) in [6.07, 6.45) is 1.95. The molecule has 2 heteroatoms. The van der Waals surface area contributed by atoms with Crippen LogP contribution in [-0.4, -0.2) is 5.11 Å². The van der Waals surface area contributed by atoms with Crippen LogP contribution in [0.25, 0.3) is 0 Å². The Kier molecular flexibility index (Phi) is 3.11. The van der Waals surface area contributed by atoms with Gasteiger partial charge in [-0.15, -0.1) is 0 Å². The van der Waals surface area contributed by atoms with Crippen LogP contribution in [0.2, 0.25) is 0 Å². The molecule has 1 aromatic heterocycles. The molecular formula is C14H16O2. The molecule has 1 atom stereocenters. The number of rotatable bonds is 3. The molecule has 0 bridgehead atoms. The molecule has 0 aliphatic heterocycles. The highest BCUT2D eigenvalue weighted by molar-refractivity contribution is 5.31. The molecule has 84 valence electrons.